The van der Waals surface area contributed by atoms with Crippen molar-refractivity contribution in [3.63, 3.8) is 0 Å². The topological polar surface area (TPSA) is 52.6 Å². The highest BCUT2D eigenvalue weighted by Crippen LogP contribution is 2.42. The van der Waals surface area contributed by atoms with Gasteiger partial charge in [-0.05, 0) is 33.6 Å². The van der Waals surface area contributed by atoms with Gasteiger partial charge in [0.15, 0.2) is 5.41 Å². The Morgan fingerprint density at radius 3 is 2.00 bits per heavy atom. The molecule has 1 atom stereocenters. The molecule has 0 aromatic rings. The number of ether oxygens (including phenoxy) is 2. The molecule has 20 heavy (non-hydrogen) atoms. The minimum absolute atomic E-state index is 0.190. The summed E-state index contributed by atoms with van der Waals surface area (Å²) < 4.78 is 10.2. The summed E-state index contributed by atoms with van der Waals surface area (Å²) in [6.45, 7) is 11.9. The van der Waals surface area contributed by atoms with Crippen molar-refractivity contribution in [3.8, 4) is 0 Å². The van der Waals surface area contributed by atoms with Gasteiger partial charge in [0.1, 0.15) is 0 Å². The molecule has 0 aliphatic heterocycles. The molecule has 4 heteroatoms. The summed E-state index contributed by atoms with van der Waals surface area (Å²) in [5, 5.41) is 0. The number of rotatable bonds is 4. The Labute approximate surface area is 122 Å². The Morgan fingerprint density at radius 2 is 1.65 bits per heavy atom. The molecule has 0 aromatic carbocycles. The molecular weight excluding hydrogens is 256 g/mol. The average molecular weight is 284 g/mol. The average Bonchev–Trinajstić information content (AvgIpc) is 2.42. The van der Waals surface area contributed by atoms with Crippen LogP contribution in [0.5, 0.6) is 0 Å². The molecule has 0 heterocycles. The summed E-state index contributed by atoms with van der Waals surface area (Å²) in [6.07, 6.45) is 3.16. The first kappa shape index (κ1) is 18.7. The molecule has 0 fully saturated rings. The summed E-state index contributed by atoms with van der Waals surface area (Å²) in [5.41, 5.74) is 0.0395. The van der Waals surface area contributed by atoms with Crippen LogP contribution in [0.4, 0.5) is 0 Å². The first-order chi connectivity index (χ1) is 9.48. The van der Waals surface area contributed by atoms with Gasteiger partial charge in [0.05, 0.1) is 13.2 Å². The van der Waals surface area contributed by atoms with Crippen molar-refractivity contribution in [2.24, 2.45) is 11.3 Å². The maximum Gasteiger partial charge on any atom is 0.324 e. The van der Waals surface area contributed by atoms with Gasteiger partial charge in [-0.3, -0.25) is 9.59 Å². The van der Waals surface area contributed by atoms with E-state index in [1.807, 2.05) is 33.8 Å². The van der Waals surface area contributed by atoms with Crippen LogP contribution in [0.1, 0.15) is 54.4 Å². The first-order valence-corrected chi connectivity index (χ1v) is 7.50. The molecule has 0 bridgehead atoms. The SMILES string of the molecule is CC.CCOC(=O)C1(C(=O)OCC)CCC(C)=CC1C. The molecule has 0 amide bonds. The summed E-state index contributed by atoms with van der Waals surface area (Å²) in [6, 6.07) is 0. The minimum atomic E-state index is -1.16. The molecule has 1 aliphatic carbocycles. The van der Waals surface area contributed by atoms with Gasteiger partial charge in [0, 0.05) is 5.92 Å². The number of hydrogen-bond donors (Lipinski definition) is 0. The van der Waals surface area contributed by atoms with Crippen molar-refractivity contribution in [1.29, 1.82) is 0 Å². The highest BCUT2D eigenvalue weighted by molar-refractivity contribution is 6.01. The van der Waals surface area contributed by atoms with Crippen LogP contribution in [0.25, 0.3) is 0 Å². The Balaban J connectivity index is 0.00000172. The molecule has 0 saturated heterocycles. The van der Waals surface area contributed by atoms with E-state index < -0.39 is 17.4 Å². The van der Waals surface area contributed by atoms with E-state index in [2.05, 4.69) is 0 Å². The van der Waals surface area contributed by atoms with E-state index in [1.165, 1.54) is 5.57 Å². The molecule has 0 N–H and O–H groups in total. The number of hydrogen-bond acceptors (Lipinski definition) is 4. The van der Waals surface area contributed by atoms with Gasteiger partial charge in [-0.25, -0.2) is 0 Å². The predicted octanol–water partition coefficient (Wildman–Crippen LogP) is 3.50. The summed E-state index contributed by atoms with van der Waals surface area (Å²) in [5.74, 6) is -1.11. The summed E-state index contributed by atoms with van der Waals surface area (Å²) in [7, 11) is 0. The monoisotopic (exact) mass is 284 g/mol. The lowest BCUT2D eigenvalue weighted by atomic mass is 9.68. The molecule has 0 spiro atoms. The number of allylic oxidation sites excluding steroid dienone is 2. The van der Waals surface area contributed by atoms with Crippen molar-refractivity contribution in [2.75, 3.05) is 13.2 Å². The minimum Gasteiger partial charge on any atom is -0.465 e. The van der Waals surface area contributed by atoms with Gasteiger partial charge in [-0.2, -0.15) is 0 Å². The largest absolute Gasteiger partial charge is 0.465 e. The van der Waals surface area contributed by atoms with E-state index >= 15 is 0 Å². The van der Waals surface area contributed by atoms with E-state index in [0.29, 0.717) is 6.42 Å². The Kier molecular flexibility index (Phi) is 8.19. The van der Waals surface area contributed by atoms with Crippen LogP contribution >= 0.6 is 0 Å². The lowest BCUT2D eigenvalue weighted by Gasteiger charge is -2.36. The third-order valence-corrected chi connectivity index (χ3v) is 3.50. The number of carbonyl (C=O) groups is 2. The van der Waals surface area contributed by atoms with Gasteiger partial charge < -0.3 is 9.47 Å². The maximum atomic E-state index is 12.2. The van der Waals surface area contributed by atoms with Gasteiger partial charge in [0.25, 0.3) is 0 Å². The summed E-state index contributed by atoms with van der Waals surface area (Å²) >= 11 is 0. The third-order valence-electron chi connectivity index (χ3n) is 3.50. The van der Waals surface area contributed by atoms with Crippen LogP contribution in [-0.2, 0) is 19.1 Å². The lowest BCUT2D eigenvalue weighted by Crippen LogP contribution is -2.47. The van der Waals surface area contributed by atoms with Crippen molar-refractivity contribution in [3.05, 3.63) is 11.6 Å². The zero-order valence-corrected chi connectivity index (χ0v) is 13.6. The molecule has 1 aliphatic rings. The zero-order chi connectivity index (χ0) is 15.8. The fourth-order valence-electron chi connectivity index (χ4n) is 2.45. The first-order valence-electron chi connectivity index (χ1n) is 7.50. The van der Waals surface area contributed by atoms with Crippen molar-refractivity contribution in [2.45, 2.75) is 54.4 Å². The fourth-order valence-corrected chi connectivity index (χ4v) is 2.45. The van der Waals surface area contributed by atoms with Crippen molar-refractivity contribution < 1.29 is 19.1 Å². The fraction of sp³-hybridized carbons (Fsp3) is 0.750. The molecular formula is C16H28O4. The van der Waals surface area contributed by atoms with Gasteiger partial charge in [-0.1, -0.05) is 32.4 Å². The quantitative estimate of drug-likeness (QED) is 0.450. The smallest absolute Gasteiger partial charge is 0.324 e. The second kappa shape index (κ2) is 8.77. The standard InChI is InChI=1S/C14H22O4.C2H6/c1-5-17-12(15)14(13(16)18-6-2)8-7-10(3)9-11(14)4;1-2/h9,11H,5-8H2,1-4H3;1-2H3. The zero-order valence-electron chi connectivity index (χ0n) is 13.6. The highest BCUT2D eigenvalue weighted by atomic mass is 16.6. The highest BCUT2D eigenvalue weighted by Gasteiger charge is 2.53. The second-order valence-corrected chi connectivity index (χ2v) is 4.71. The van der Waals surface area contributed by atoms with Crippen molar-refractivity contribution >= 4 is 11.9 Å². The van der Waals surface area contributed by atoms with Crippen LogP contribution in [0, 0.1) is 11.3 Å². The van der Waals surface area contributed by atoms with Crippen LogP contribution in [0.2, 0.25) is 0 Å². The van der Waals surface area contributed by atoms with E-state index in [9.17, 15) is 9.59 Å². The predicted molar refractivity (Wildman–Crippen MR) is 79.2 cm³/mol. The van der Waals surface area contributed by atoms with Crippen LogP contribution in [0.15, 0.2) is 11.6 Å². The van der Waals surface area contributed by atoms with E-state index in [1.54, 1.807) is 13.8 Å². The molecule has 116 valence electrons. The van der Waals surface area contributed by atoms with Gasteiger partial charge >= 0.3 is 11.9 Å². The van der Waals surface area contributed by atoms with Gasteiger partial charge in [-0.15, -0.1) is 0 Å². The Hall–Kier alpha value is -1.32. The van der Waals surface area contributed by atoms with Crippen LogP contribution in [-0.4, -0.2) is 25.2 Å². The van der Waals surface area contributed by atoms with Crippen molar-refractivity contribution in [1.82, 2.24) is 0 Å². The van der Waals surface area contributed by atoms with Gasteiger partial charge in [0.2, 0.25) is 0 Å². The molecule has 1 unspecified atom stereocenters. The van der Waals surface area contributed by atoms with Crippen LogP contribution < -0.4 is 0 Å². The third kappa shape index (κ3) is 3.84. The van der Waals surface area contributed by atoms with Crippen LogP contribution in [0.3, 0.4) is 0 Å². The Bertz CT molecular complexity index is 339. The number of esters is 2. The molecule has 0 aromatic heterocycles. The molecule has 4 nitrogen and oxygen atoms in total. The molecule has 1 rings (SSSR count). The molecule has 0 saturated carbocycles. The molecule has 0 radical (unpaired) electrons. The van der Waals surface area contributed by atoms with E-state index in [0.717, 1.165) is 6.42 Å². The Morgan fingerprint density at radius 1 is 1.20 bits per heavy atom. The number of carbonyl (C=O) groups excluding carboxylic acids is 2. The second-order valence-electron chi connectivity index (χ2n) is 4.71. The van der Waals surface area contributed by atoms with E-state index in [-0.39, 0.29) is 19.1 Å². The normalized spacial score (nSPS) is 20.1. The maximum absolute atomic E-state index is 12.2. The lowest BCUT2D eigenvalue weighted by molar-refractivity contribution is -0.176. The van der Waals surface area contributed by atoms with E-state index in [4.69, 9.17) is 9.47 Å². The summed E-state index contributed by atoms with van der Waals surface area (Å²) in [4.78, 5) is 24.4.